The molecule has 24 heavy (non-hydrogen) atoms. The van der Waals surface area contributed by atoms with Crippen molar-refractivity contribution in [2.75, 3.05) is 0 Å². The Labute approximate surface area is 141 Å². The largest absolute Gasteiger partial charge is 0.322 e. The fraction of sp³-hybridized carbons (Fsp3) is 0.438. The monoisotopic (exact) mass is 349 g/mol. The van der Waals surface area contributed by atoms with Crippen LogP contribution in [0.15, 0.2) is 27.5 Å². The average Bonchev–Trinajstić information content (AvgIpc) is 2.83. The van der Waals surface area contributed by atoms with Crippen LogP contribution in [0.3, 0.4) is 0 Å². The minimum absolute atomic E-state index is 0.0578. The van der Waals surface area contributed by atoms with Crippen LogP contribution in [0, 0.1) is 0 Å². The first-order valence-electron chi connectivity index (χ1n) is 7.82. The Bertz CT molecular complexity index is 812. The van der Waals surface area contributed by atoms with E-state index in [1.807, 2.05) is 13.8 Å². The number of imide groups is 1. The van der Waals surface area contributed by atoms with Gasteiger partial charge in [0.15, 0.2) is 0 Å². The van der Waals surface area contributed by atoms with Gasteiger partial charge in [-0.1, -0.05) is 6.07 Å². The molecule has 2 atom stereocenters. The number of amides is 3. The van der Waals surface area contributed by atoms with Crippen LogP contribution in [0.2, 0.25) is 0 Å². The number of thiol groups is 1. The second kappa shape index (κ2) is 6.35. The number of hydrogen-bond donors (Lipinski definition) is 2. The third-order valence-electron chi connectivity index (χ3n) is 4.07. The Balaban J connectivity index is 1.87. The number of rotatable bonds is 3. The standard InChI is InChI=1S/C16H19N3O4S/c1-9(2)18-24(23)11-4-3-10-8-19(16(22)12(10)7-11)13-5-6-14(20)17-15(13)21/h3-4,7,9,13,24H,5-6,8H2,1-2H3,(H,17,20,21). The highest BCUT2D eigenvalue weighted by Crippen LogP contribution is 2.28. The number of benzene rings is 1. The summed E-state index contributed by atoms with van der Waals surface area (Å²) in [7, 11) is -1.90. The lowest BCUT2D eigenvalue weighted by molar-refractivity contribution is -0.136. The normalized spacial score (nSPS) is 22.0. The van der Waals surface area contributed by atoms with E-state index in [4.69, 9.17) is 0 Å². The van der Waals surface area contributed by atoms with E-state index in [0.29, 0.717) is 23.4 Å². The van der Waals surface area contributed by atoms with Gasteiger partial charge in [0.2, 0.25) is 11.8 Å². The molecule has 0 radical (unpaired) electrons. The highest BCUT2D eigenvalue weighted by Gasteiger charge is 2.39. The molecule has 2 unspecified atom stereocenters. The van der Waals surface area contributed by atoms with E-state index >= 15 is 0 Å². The zero-order chi connectivity index (χ0) is 17.4. The summed E-state index contributed by atoms with van der Waals surface area (Å²) in [6, 6.07) is 4.38. The molecule has 0 aliphatic carbocycles. The maximum atomic E-state index is 12.7. The average molecular weight is 349 g/mol. The summed E-state index contributed by atoms with van der Waals surface area (Å²) < 4.78 is 16.3. The first kappa shape index (κ1) is 16.6. The highest BCUT2D eigenvalue weighted by molar-refractivity contribution is 7.75. The minimum Gasteiger partial charge on any atom is -0.322 e. The van der Waals surface area contributed by atoms with Gasteiger partial charge in [0, 0.05) is 23.4 Å². The number of nitrogens with zero attached hydrogens (tertiary/aromatic N) is 2. The van der Waals surface area contributed by atoms with Gasteiger partial charge in [-0.15, -0.1) is 0 Å². The van der Waals surface area contributed by atoms with Gasteiger partial charge in [-0.2, -0.15) is 0 Å². The summed E-state index contributed by atoms with van der Waals surface area (Å²) in [6.45, 7) is 4.01. The van der Waals surface area contributed by atoms with Crippen molar-refractivity contribution in [1.29, 1.82) is 0 Å². The van der Waals surface area contributed by atoms with Crippen molar-refractivity contribution in [1.82, 2.24) is 10.2 Å². The molecule has 2 aliphatic rings. The van der Waals surface area contributed by atoms with E-state index in [1.54, 1.807) is 18.2 Å². The molecule has 3 rings (SSSR count). The first-order chi connectivity index (χ1) is 11.4. The Hall–Kier alpha value is -2.22. The molecule has 0 saturated carbocycles. The van der Waals surface area contributed by atoms with E-state index in [0.717, 1.165) is 5.56 Å². The van der Waals surface area contributed by atoms with Crippen LogP contribution in [0.4, 0.5) is 0 Å². The topological polar surface area (TPSA) is 95.9 Å². The molecule has 1 saturated heterocycles. The molecule has 2 aliphatic heterocycles. The molecule has 0 bridgehead atoms. The maximum Gasteiger partial charge on any atom is 0.255 e. The molecule has 1 N–H and O–H groups in total. The minimum atomic E-state index is -1.90. The summed E-state index contributed by atoms with van der Waals surface area (Å²) in [5.74, 6) is -1.02. The SMILES string of the molecule is CC(C)/N=[SH](=O)/c1ccc2c(c1)C(=O)N(C1CCC(=O)NC1=O)C2. The summed E-state index contributed by atoms with van der Waals surface area (Å²) in [6.07, 6.45) is 0.551. The molecule has 1 aromatic rings. The molecule has 0 aromatic heterocycles. The van der Waals surface area contributed by atoms with Gasteiger partial charge in [-0.25, -0.2) is 8.57 Å². The number of fused-ring (bicyclic) bond motifs is 1. The van der Waals surface area contributed by atoms with Gasteiger partial charge in [0.25, 0.3) is 5.91 Å². The van der Waals surface area contributed by atoms with Crippen molar-refractivity contribution in [3.8, 4) is 0 Å². The molecule has 7 nitrogen and oxygen atoms in total. The fourth-order valence-electron chi connectivity index (χ4n) is 2.94. The molecule has 3 amide bonds. The van der Waals surface area contributed by atoms with Crippen LogP contribution in [0.25, 0.3) is 0 Å². The van der Waals surface area contributed by atoms with Crippen molar-refractivity contribution < 1.29 is 18.6 Å². The zero-order valence-corrected chi connectivity index (χ0v) is 14.4. The van der Waals surface area contributed by atoms with Crippen molar-refractivity contribution in [2.45, 2.75) is 50.2 Å². The molecular formula is C16H19N3O4S. The van der Waals surface area contributed by atoms with Crippen molar-refractivity contribution in [3.05, 3.63) is 29.3 Å². The Morgan fingerprint density at radius 2 is 2.04 bits per heavy atom. The summed E-state index contributed by atoms with van der Waals surface area (Å²) in [5, 5.41) is 2.27. The van der Waals surface area contributed by atoms with Crippen LogP contribution >= 0.6 is 0 Å². The Morgan fingerprint density at radius 3 is 2.71 bits per heavy atom. The Kier molecular flexibility index (Phi) is 4.40. The van der Waals surface area contributed by atoms with Crippen molar-refractivity contribution >= 4 is 28.3 Å². The molecule has 1 aromatic carbocycles. The lowest BCUT2D eigenvalue weighted by Gasteiger charge is -2.29. The Morgan fingerprint density at radius 1 is 1.29 bits per heavy atom. The lowest BCUT2D eigenvalue weighted by Crippen LogP contribution is -2.52. The highest BCUT2D eigenvalue weighted by atomic mass is 32.2. The second-order valence-electron chi connectivity index (χ2n) is 6.22. The van der Waals surface area contributed by atoms with Crippen LogP contribution in [-0.4, -0.2) is 38.9 Å². The van der Waals surface area contributed by atoms with E-state index < -0.39 is 22.5 Å². The van der Waals surface area contributed by atoms with Gasteiger partial charge in [-0.05, 0) is 38.0 Å². The van der Waals surface area contributed by atoms with E-state index in [-0.39, 0.29) is 24.3 Å². The molecule has 2 heterocycles. The van der Waals surface area contributed by atoms with Gasteiger partial charge >= 0.3 is 0 Å². The number of hydrogen-bond acceptors (Lipinski definition) is 5. The fourth-order valence-corrected chi connectivity index (χ4v) is 3.93. The smallest absolute Gasteiger partial charge is 0.255 e. The molecule has 1 fully saturated rings. The predicted octanol–water partition coefficient (Wildman–Crippen LogP) is 0.879. The number of nitrogens with one attached hydrogen (secondary N) is 1. The first-order valence-corrected chi connectivity index (χ1v) is 9.03. The quantitative estimate of drug-likeness (QED) is 0.625. The maximum absolute atomic E-state index is 12.7. The predicted molar refractivity (Wildman–Crippen MR) is 87.9 cm³/mol. The van der Waals surface area contributed by atoms with E-state index in [2.05, 4.69) is 9.68 Å². The van der Waals surface area contributed by atoms with Crippen LogP contribution in [0.5, 0.6) is 0 Å². The van der Waals surface area contributed by atoms with Crippen LogP contribution in [-0.2, 0) is 26.7 Å². The third-order valence-corrected chi connectivity index (χ3v) is 5.46. The molecule has 8 heteroatoms. The molecular weight excluding hydrogens is 330 g/mol. The van der Waals surface area contributed by atoms with Crippen molar-refractivity contribution in [2.24, 2.45) is 4.36 Å². The van der Waals surface area contributed by atoms with Crippen LogP contribution in [0.1, 0.15) is 42.6 Å². The molecule has 0 spiro atoms. The van der Waals surface area contributed by atoms with Gasteiger partial charge in [-0.3, -0.25) is 19.7 Å². The summed E-state index contributed by atoms with van der Waals surface area (Å²) in [4.78, 5) is 37.9. The number of carbonyl (C=O) groups excluding carboxylic acids is 3. The van der Waals surface area contributed by atoms with Crippen molar-refractivity contribution in [3.63, 3.8) is 0 Å². The van der Waals surface area contributed by atoms with Crippen LogP contribution < -0.4 is 5.32 Å². The van der Waals surface area contributed by atoms with Gasteiger partial charge in [0.1, 0.15) is 6.04 Å². The molecule has 128 valence electrons. The van der Waals surface area contributed by atoms with E-state index in [9.17, 15) is 18.6 Å². The third kappa shape index (κ3) is 3.06. The van der Waals surface area contributed by atoms with E-state index in [1.165, 1.54) is 4.90 Å². The van der Waals surface area contributed by atoms with Gasteiger partial charge < -0.3 is 4.90 Å². The second-order valence-corrected chi connectivity index (χ2v) is 7.52. The van der Waals surface area contributed by atoms with Gasteiger partial charge in [0.05, 0.1) is 16.6 Å². The zero-order valence-electron chi connectivity index (χ0n) is 13.5. The lowest BCUT2D eigenvalue weighted by atomic mass is 10.0. The number of carbonyl (C=O) groups is 3. The summed E-state index contributed by atoms with van der Waals surface area (Å²) in [5.41, 5.74) is 1.25. The summed E-state index contributed by atoms with van der Waals surface area (Å²) >= 11 is 0. The number of piperidine rings is 1.